The molecule has 3 atom stereocenters. The molecule has 1 heterocycles. The fraction of sp³-hybridized carbons (Fsp3) is 0.562. The summed E-state index contributed by atoms with van der Waals surface area (Å²) in [6.45, 7) is 5.87. The maximum Gasteiger partial charge on any atom is 0.224 e. The molecule has 1 aliphatic rings. The lowest BCUT2D eigenvalue weighted by Crippen LogP contribution is -2.40. The summed E-state index contributed by atoms with van der Waals surface area (Å²) in [5.74, 6) is 1.54. The van der Waals surface area contributed by atoms with Crippen molar-refractivity contribution in [3.8, 4) is 5.75 Å². The number of nitrogens with one attached hydrogen (secondary N) is 2. The van der Waals surface area contributed by atoms with Crippen LogP contribution in [0.3, 0.4) is 0 Å². The molecule has 0 saturated carbocycles. The standard InChI is InChI=1S/C16H24N2O2/c1-11-9-17-10-14(11)16(19)18-12(2)8-13-6-4-5-7-15(13)20-3/h4-7,11-12,14,17H,8-10H2,1-3H3,(H,18,19)/t11-,12?,14-/m1/s1. The molecule has 1 unspecified atom stereocenters. The number of rotatable bonds is 5. The van der Waals surface area contributed by atoms with Crippen LogP contribution in [0.5, 0.6) is 5.75 Å². The number of hydrogen-bond donors (Lipinski definition) is 2. The highest BCUT2D eigenvalue weighted by Crippen LogP contribution is 2.20. The Morgan fingerprint density at radius 1 is 1.45 bits per heavy atom. The Balaban J connectivity index is 1.92. The number of amides is 1. The van der Waals surface area contributed by atoms with Crippen LogP contribution in [0.25, 0.3) is 0 Å². The zero-order valence-electron chi connectivity index (χ0n) is 12.5. The zero-order chi connectivity index (χ0) is 14.5. The second kappa shape index (κ2) is 6.75. The first-order valence-electron chi connectivity index (χ1n) is 7.24. The van der Waals surface area contributed by atoms with E-state index in [9.17, 15) is 4.79 Å². The molecular formula is C16H24N2O2. The van der Waals surface area contributed by atoms with Crippen LogP contribution >= 0.6 is 0 Å². The summed E-state index contributed by atoms with van der Waals surface area (Å²) in [7, 11) is 1.67. The van der Waals surface area contributed by atoms with Gasteiger partial charge < -0.3 is 15.4 Å². The SMILES string of the molecule is COc1ccccc1CC(C)NC(=O)[C@@H]1CNC[C@H]1C. The van der Waals surface area contributed by atoms with Gasteiger partial charge in [-0.1, -0.05) is 25.1 Å². The van der Waals surface area contributed by atoms with Crippen molar-refractivity contribution in [1.29, 1.82) is 0 Å². The van der Waals surface area contributed by atoms with Crippen LogP contribution in [-0.2, 0) is 11.2 Å². The summed E-state index contributed by atoms with van der Waals surface area (Å²) >= 11 is 0. The van der Waals surface area contributed by atoms with Crippen LogP contribution < -0.4 is 15.4 Å². The third kappa shape index (κ3) is 3.51. The van der Waals surface area contributed by atoms with Crippen LogP contribution in [0, 0.1) is 11.8 Å². The lowest BCUT2D eigenvalue weighted by atomic mass is 9.96. The van der Waals surface area contributed by atoms with Crippen molar-refractivity contribution in [2.45, 2.75) is 26.3 Å². The van der Waals surface area contributed by atoms with E-state index in [1.54, 1.807) is 7.11 Å². The minimum Gasteiger partial charge on any atom is -0.496 e. The van der Waals surface area contributed by atoms with Gasteiger partial charge in [0.25, 0.3) is 0 Å². The van der Waals surface area contributed by atoms with Gasteiger partial charge in [0.2, 0.25) is 5.91 Å². The Hall–Kier alpha value is -1.55. The fourth-order valence-corrected chi connectivity index (χ4v) is 2.76. The molecule has 1 aromatic rings. The molecule has 1 amide bonds. The Morgan fingerprint density at radius 2 is 2.20 bits per heavy atom. The second-order valence-corrected chi connectivity index (χ2v) is 5.67. The summed E-state index contributed by atoms with van der Waals surface area (Å²) in [5.41, 5.74) is 1.13. The molecule has 0 aromatic heterocycles. The molecule has 0 spiro atoms. The number of benzene rings is 1. The van der Waals surface area contributed by atoms with E-state index in [1.807, 2.05) is 31.2 Å². The molecular weight excluding hydrogens is 252 g/mol. The quantitative estimate of drug-likeness (QED) is 0.859. The lowest BCUT2D eigenvalue weighted by molar-refractivity contribution is -0.126. The van der Waals surface area contributed by atoms with E-state index in [0.717, 1.165) is 30.8 Å². The predicted molar refractivity (Wildman–Crippen MR) is 79.8 cm³/mol. The van der Waals surface area contributed by atoms with Crippen molar-refractivity contribution in [2.75, 3.05) is 20.2 Å². The highest BCUT2D eigenvalue weighted by atomic mass is 16.5. The van der Waals surface area contributed by atoms with Gasteiger partial charge in [-0.25, -0.2) is 0 Å². The average Bonchev–Trinajstić information content (AvgIpc) is 2.85. The highest BCUT2D eigenvalue weighted by molar-refractivity contribution is 5.79. The van der Waals surface area contributed by atoms with Crippen LogP contribution in [0.1, 0.15) is 19.4 Å². The number of ether oxygens (including phenoxy) is 1. The van der Waals surface area contributed by atoms with Gasteiger partial charge >= 0.3 is 0 Å². The third-order valence-electron chi connectivity index (χ3n) is 3.96. The number of para-hydroxylation sites is 1. The fourth-order valence-electron chi connectivity index (χ4n) is 2.76. The Bertz CT molecular complexity index is 462. The van der Waals surface area contributed by atoms with Crippen molar-refractivity contribution in [3.05, 3.63) is 29.8 Å². The van der Waals surface area contributed by atoms with Gasteiger partial charge in [-0.2, -0.15) is 0 Å². The third-order valence-corrected chi connectivity index (χ3v) is 3.96. The molecule has 110 valence electrons. The first kappa shape index (κ1) is 14.9. The van der Waals surface area contributed by atoms with Gasteiger partial charge in [0, 0.05) is 12.6 Å². The summed E-state index contributed by atoms with van der Waals surface area (Å²) in [6, 6.07) is 8.05. The highest BCUT2D eigenvalue weighted by Gasteiger charge is 2.30. The topological polar surface area (TPSA) is 50.4 Å². The molecule has 1 fully saturated rings. The van der Waals surface area contributed by atoms with Crippen molar-refractivity contribution in [3.63, 3.8) is 0 Å². The molecule has 4 nitrogen and oxygen atoms in total. The largest absolute Gasteiger partial charge is 0.496 e. The molecule has 0 aliphatic carbocycles. The smallest absolute Gasteiger partial charge is 0.224 e. The maximum atomic E-state index is 12.2. The van der Waals surface area contributed by atoms with Crippen LogP contribution in [0.4, 0.5) is 0 Å². The van der Waals surface area contributed by atoms with Crippen LogP contribution in [-0.4, -0.2) is 32.1 Å². The van der Waals surface area contributed by atoms with Crippen molar-refractivity contribution in [1.82, 2.24) is 10.6 Å². The van der Waals surface area contributed by atoms with Gasteiger partial charge in [-0.05, 0) is 37.4 Å². The van der Waals surface area contributed by atoms with Crippen LogP contribution in [0.15, 0.2) is 24.3 Å². The van der Waals surface area contributed by atoms with E-state index in [0.29, 0.717) is 5.92 Å². The van der Waals surface area contributed by atoms with Crippen molar-refractivity contribution >= 4 is 5.91 Å². The van der Waals surface area contributed by atoms with E-state index >= 15 is 0 Å². The first-order chi connectivity index (χ1) is 9.61. The second-order valence-electron chi connectivity index (χ2n) is 5.67. The normalized spacial score (nSPS) is 23.4. The molecule has 0 radical (unpaired) electrons. The van der Waals surface area contributed by atoms with E-state index < -0.39 is 0 Å². The lowest BCUT2D eigenvalue weighted by Gasteiger charge is -2.20. The van der Waals surface area contributed by atoms with E-state index in [1.165, 1.54) is 0 Å². The molecule has 2 rings (SSSR count). The summed E-state index contributed by atoms with van der Waals surface area (Å²) in [4.78, 5) is 12.2. The van der Waals surface area contributed by atoms with Crippen molar-refractivity contribution < 1.29 is 9.53 Å². The Kier molecular flexibility index (Phi) is 5.01. The van der Waals surface area contributed by atoms with E-state index in [-0.39, 0.29) is 17.9 Å². The average molecular weight is 276 g/mol. The molecule has 1 saturated heterocycles. The maximum absolute atomic E-state index is 12.2. The monoisotopic (exact) mass is 276 g/mol. The molecule has 2 N–H and O–H groups in total. The first-order valence-corrected chi connectivity index (χ1v) is 7.24. The van der Waals surface area contributed by atoms with Gasteiger partial charge in [-0.15, -0.1) is 0 Å². The minimum atomic E-state index is 0.0927. The molecule has 4 heteroatoms. The summed E-state index contributed by atoms with van der Waals surface area (Å²) < 4.78 is 5.35. The van der Waals surface area contributed by atoms with Gasteiger partial charge in [0.05, 0.1) is 13.0 Å². The van der Waals surface area contributed by atoms with Crippen LogP contribution in [0.2, 0.25) is 0 Å². The Morgan fingerprint density at radius 3 is 2.85 bits per heavy atom. The number of hydrogen-bond acceptors (Lipinski definition) is 3. The molecule has 20 heavy (non-hydrogen) atoms. The molecule has 1 aromatic carbocycles. The number of carbonyl (C=O) groups excluding carboxylic acids is 1. The van der Waals surface area contributed by atoms with Gasteiger partial charge in [0.1, 0.15) is 5.75 Å². The van der Waals surface area contributed by atoms with Crippen molar-refractivity contribution in [2.24, 2.45) is 11.8 Å². The summed E-state index contributed by atoms with van der Waals surface area (Å²) in [5, 5.41) is 6.38. The predicted octanol–water partition coefficient (Wildman–Crippen LogP) is 1.60. The zero-order valence-corrected chi connectivity index (χ0v) is 12.5. The van der Waals surface area contributed by atoms with Gasteiger partial charge in [0.15, 0.2) is 0 Å². The summed E-state index contributed by atoms with van der Waals surface area (Å²) in [6.07, 6.45) is 0.782. The number of carbonyl (C=O) groups is 1. The molecule has 0 bridgehead atoms. The Labute approximate surface area is 120 Å². The van der Waals surface area contributed by atoms with Gasteiger partial charge in [-0.3, -0.25) is 4.79 Å². The van der Waals surface area contributed by atoms with E-state index in [4.69, 9.17) is 4.74 Å². The minimum absolute atomic E-state index is 0.0927. The molecule has 1 aliphatic heterocycles. The number of methoxy groups -OCH3 is 1. The van der Waals surface area contributed by atoms with E-state index in [2.05, 4.69) is 17.6 Å².